The maximum atomic E-state index is 12.0. The van der Waals surface area contributed by atoms with Gasteiger partial charge < -0.3 is 5.11 Å². The minimum atomic E-state index is -0.665. The molecule has 1 N–H and O–H groups in total. The van der Waals surface area contributed by atoms with Crippen molar-refractivity contribution in [1.82, 2.24) is 0 Å². The Morgan fingerprint density at radius 2 is 1.94 bits per heavy atom. The van der Waals surface area contributed by atoms with Crippen molar-refractivity contribution in [2.24, 2.45) is 5.41 Å². The first-order valence-electron chi connectivity index (χ1n) is 5.91. The van der Waals surface area contributed by atoms with Crippen LogP contribution in [-0.4, -0.2) is 10.9 Å². The van der Waals surface area contributed by atoms with Gasteiger partial charge in [-0.1, -0.05) is 36.8 Å². The van der Waals surface area contributed by atoms with Gasteiger partial charge in [0.05, 0.1) is 11.5 Å². The van der Waals surface area contributed by atoms with Gasteiger partial charge >= 0.3 is 0 Å². The number of carbonyl (C=O) groups excluding carboxylic acids is 1. The number of rotatable bonds is 2. The van der Waals surface area contributed by atoms with Crippen molar-refractivity contribution in [2.75, 3.05) is 0 Å². The second kappa shape index (κ2) is 4.38. The van der Waals surface area contributed by atoms with Crippen LogP contribution in [0.1, 0.15) is 44.3 Å². The molecule has 2 atom stereocenters. The summed E-state index contributed by atoms with van der Waals surface area (Å²) in [5.74, 6) is 0.204. The van der Waals surface area contributed by atoms with Crippen LogP contribution in [-0.2, 0) is 4.79 Å². The second-order valence-corrected chi connectivity index (χ2v) is 4.86. The molecule has 1 fully saturated rings. The van der Waals surface area contributed by atoms with Crippen LogP contribution in [0.2, 0.25) is 0 Å². The van der Waals surface area contributed by atoms with Gasteiger partial charge in [-0.15, -0.1) is 0 Å². The highest BCUT2D eigenvalue weighted by atomic mass is 16.3. The van der Waals surface area contributed by atoms with Crippen molar-refractivity contribution in [1.29, 1.82) is 0 Å². The second-order valence-electron chi connectivity index (χ2n) is 4.86. The average molecular weight is 218 g/mol. The molecule has 0 radical (unpaired) electrons. The topological polar surface area (TPSA) is 37.3 Å². The fraction of sp³-hybridized carbons (Fsp3) is 0.500. The summed E-state index contributed by atoms with van der Waals surface area (Å²) in [6.45, 7) is 1.90. The van der Waals surface area contributed by atoms with E-state index in [1.807, 2.05) is 37.3 Å². The van der Waals surface area contributed by atoms with Crippen LogP contribution < -0.4 is 0 Å². The molecule has 0 bridgehead atoms. The molecule has 0 saturated heterocycles. The summed E-state index contributed by atoms with van der Waals surface area (Å²) in [4.78, 5) is 12.0. The van der Waals surface area contributed by atoms with Gasteiger partial charge in [0.25, 0.3) is 0 Å². The standard InChI is InChI=1S/C14H18O2/c1-14(10-6-5-9-12(14)15)13(16)11-7-3-2-4-8-11/h2-4,7-8,13,16H,5-6,9-10H2,1H3. The minimum Gasteiger partial charge on any atom is -0.387 e. The molecule has 2 rings (SSSR count). The number of benzene rings is 1. The van der Waals surface area contributed by atoms with Crippen LogP contribution in [0.3, 0.4) is 0 Å². The van der Waals surface area contributed by atoms with E-state index in [9.17, 15) is 9.90 Å². The Morgan fingerprint density at radius 1 is 1.25 bits per heavy atom. The van der Waals surface area contributed by atoms with Crippen LogP contribution >= 0.6 is 0 Å². The van der Waals surface area contributed by atoms with Crippen molar-refractivity contribution >= 4 is 5.78 Å². The van der Waals surface area contributed by atoms with Gasteiger partial charge in [0.2, 0.25) is 0 Å². The predicted molar refractivity (Wildman–Crippen MR) is 63.0 cm³/mol. The van der Waals surface area contributed by atoms with E-state index in [4.69, 9.17) is 0 Å². The summed E-state index contributed by atoms with van der Waals surface area (Å²) in [5, 5.41) is 10.4. The molecule has 1 aliphatic carbocycles. The van der Waals surface area contributed by atoms with Gasteiger partial charge in [0.1, 0.15) is 5.78 Å². The molecule has 1 aromatic carbocycles. The Hall–Kier alpha value is -1.15. The fourth-order valence-electron chi connectivity index (χ4n) is 2.50. The number of aliphatic hydroxyl groups excluding tert-OH is 1. The van der Waals surface area contributed by atoms with Gasteiger partial charge in [-0.3, -0.25) is 4.79 Å². The van der Waals surface area contributed by atoms with E-state index in [1.54, 1.807) is 0 Å². The van der Waals surface area contributed by atoms with E-state index < -0.39 is 11.5 Å². The van der Waals surface area contributed by atoms with Gasteiger partial charge in [-0.2, -0.15) is 0 Å². The third kappa shape index (κ3) is 1.90. The first-order chi connectivity index (χ1) is 7.64. The van der Waals surface area contributed by atoms with E-state index in [0.717, 1.165) is 24.8 Å². The smallest absolute Gasteiger partial charge is 0.141 e. The molecule has 0 amide bonds. The summed E-state index contributed by atoms with van der Waals surface area (Å²) < 4.78 is 0. The Bertz CT molecular complexity index is 372. The fourth-order valence-corrected chi connectivity index (χ4v) is 2.50. The normalized spacial score (nSPS) is 27.8. The number of ketones is 1. The largest absolute Gasteiger partial charge is 0.387 e. The molecule has 16 heavy (non-hydrogen) atoms. The van der Waals surface area contributed by atoms with Crippen molar-refractivity contribution in [3.63, 3.8) is 0 Å². The lowest BCUT2D eigenvalue weighted by atomic mass is 9.69. The highest BCUT2D eigenvalue weighted by molar-refractivity contribution is 5.85. The highest BCUT2D eigenvalue weighted by Gasteiger charge is 2.41. The molecule has 2 unspecified atom stereocenters. The van der Waals surface area contributed by atoms with Crippen molar-refractivity contribution in [2.45, 2.75) is 38.7 Å². The molecule has 1 aromatic rings. The van der Waals surface area contributed by atoms with Crippen molar-refractivity contribution in [3.05, 3.63) is 35.9 Å². The maximum absolute atomic E-state index is 12.0. The van der Waals surface area contributed by atoms with Crippen LogP contribution in [0.15, 0.2) is 30.3 Å². The molecular weight excluding hydrogens is 200 g/mol. The van der Waals surface area contributed by atoms with Crippen molar-refractivity contribution in [3.8, 4) is 0 Å². The molecule has 1 aliphatic rings. The predicted octanol–water partition coefficient (Wildman–Crippen LogP) is 2.87. The molecular formula is C14H18O2. The number of carbonyl (C=O) groups is 1. The molecule has 86 valence electrons. The lowest BCUT2D eigenvalue weighted by Gasteiger charge is -2.36. The summed E-state index contributed by atoms with van der Waals surface area (Å²) in [6.07, 6.45) is 2.74. The molecule has 2 nitrogen and oxygen atoms in total. The van der Waals surface area contributed by atoms with E-state index in [-0.39, 0.29) is 5.78 Å². The molecule has 2 heteroatoms. The number of aliphatic hydroxyl groups is 1. The Kier molecular flexibility index (Phi) is 3.10. The highest BCUT2D eigenvalue weighted by Crippen LogP contribution is 2.43. The van der Waals surface area contributed by atoms with Crippen LogP contribution in [0.25, 0.3) is 0 Å². The first-order valence-corrected chi connectivity index (χ1v) is 5.91. The van der Waals surface area contributed by atoms with Crippen LogP contribution in [0, 0.1) is 5.41 Å². The first kappa shape index (κ1) is 11.3. The monoisotopic (exact) mass is 218 g/mol. The van der Waals surface area contributed by atoms with E-state index in [1.165, 1.54) is 0 Å². The lowest BCUT2D eigenvalue weighted by molar-refractivity contribution is -0.138. The van der Waals surface area contributed by atoms with Gasteiger partial charge in [0, 0.05) is 6.42 Å². The molecule has 0 spiro atoms. The average Bonchev–Trinajstić information content (AvgIpc) is 2.33. The van der Waals surface area contributed by atoms with Gasteiger partial charge in [0.15, 0.2) is 0 Å². The molecule has 0 heterocycles. The summed E-state index contributed by atoms with van der Waals surface area (Å²) in [5.41, 5.74) is 0.264. The quantitative estimate of drug-likeness (QED) is 0.828. The van der Waals surface area contributed by atoms with Gasteiger partial charge in [-0.25, -0.2) is 0 Å². The van der Waals surface area contributed by atoms with Crippen molar-refractivity contribution < 1.29 is 9.90 Å². The molecule has 0 aliphatic heterocycles. The zero-order valence-electron chi connectivity index (χ0n) is 9.65. The Labute approximate surface area is 96.3 Å². The number of hydrogen-bond donors (Lipinski definition) is 1. The van der Waals surface area contributed by atoms with Gasteiger partial charge in [-0.05, 0) is 25.3 Å². The number of hydrogen-bond acceptors (Lipinski definition) is 2. The Morgan fingerprint density at radius 3 is 2.56 bits per heavy atom. The van der Waals surface area contributed by atoms with Crippen LogP contribution in [0.4, 0.5) is 0 Å². The maximum Gasteiger partial charge on any atom is 0.141 e. The van der Waals surface area contributed by atoms with Crippen LogP contribution in [0.5, 0.6) is 0 Å². The Balaban J connectivity index is 2.26. The number of Topliss-reactive ketones (excluding diaryl/α,β-unsaturated/α-hetero) is 1. The van der Waals surface area contributed by atoms with E-state index in [2.05, 4.69) is 0 Å². The lowest BCUT2D eigenvalue weighted by Crippen LogP contribution is -2.37. The summed E-state index contributed by atoms with van der Waals surface area (Å²) >= 11 is 0. The summed E-state index contributed by atoms with van der Waals surface area (Å²) in [6, 6.07) is 9.49. The summed E-state index contributed by atoms with van der Waals surface area (Å²) in [7, 11) is 0. The van der Waals surface area contributed by atoms with E-state index >= 15 is 0 Å². The zero-order valence-corrected chi connectivity index (χ0v) is 9.65. The third-order valence-electron chi connectivity index (χ3n) is 3.71. The zero-order chi connectivity index (χ0) is 11.6. The SMILES string of the molecule is CC1(C(O)c2ccccc2)CCCCC1=O. The minimum absolute atomic E-state index is 0.204. The third-order valence-corrected chi connectivity index (χ3v) is 3.71. The van der Waals surface area contributed by atoms with E-state index in [0.29, 0.717) is 6.42 Å². The molecule has 1 saturated carbocycles. The molecule has 0 aromatic heterocycles.